The first-order valence-corrected chi connectivity index (χ1v) is 9.30. The van der Waals surface area contributed by atoms with Crippen LogP contribution in [-0.2, 0) is 0 Å². The number of nitro benzene ring substituents is 1. The maximum atomic E-state index is 11.2. The zero-order valence-electron chi connectivity index (χ0n) is 15.1. The third kappa shape index (κ3) is 2.83. The summed E-state index contributed by atoms with van der Waals surface area (Å²) in [6.07, 6.45) is 0.462. The summed E-state index contributed by atoms with van der Waals surface area (Å²) < 4.78 is 6.29. The van der Waals surface area contributed by atoms with Gasteiger partial charge in [0.05, 0.1) is 11.0 Å². The molecule has 0 unspecified atom stereocenters. The third-order valence-corrected chi connectivity index (χ3v) is 5.44. The van der Waals surface area contributed by atoms with Crippen LogP contribution in [0.1, 0.15) is 41.4 Å². The number of rotatable bonds is 3. The van der Waals surface area contributed by atoms with Crippen LogP contribution in [-0.4, -0.2) is 9.93 Å². The summed E-state index contributed by atoms with van der Waals surface area (Å²) in [7, 11) is 0. The molecular formula is C22H19N3O3. The van der Waals surface area contributed by atoms with E-state index in [-0.39, 0.29) is 22.7 Å². The molecule has 3 atom stereocenters. The summed E-state index contributed by atoms with van der Waals surface area (Å²) in [4.78, 5) is 10.9. The Hall–Kier alpha value is -3.22. The molecule has 5 rings (SSSR count). The average molecular weight is 373 g/mol. The molecule has 1 N–H and O–H groups in total. The van der Waals surface area contributed by atoms with E-state index in [1.54, 1.807) is 12.1 Å². The molecule has 28 heavy (non-hydrogen) atoms. The molecule has 1 saturated heterocycles. The Kier molecular flexibility index (Phi) is 4.07. The van der Waals surface area contributed by atoms with Crippen molar-refractivity contribution in [3.63, 3.8) is 0 Å². The van der Waals surface area contributed by atoms with Gasteiger partial charge >= 0.3 is 0 Å². The van der Waals surface area contributed by atoms with E-state index in [9.17, 15) is 10.1 Å². The van der Waals surface area contributed by atoms with Crippen LogP contribution in [0, 0.1) is 10.1 Å². The molecule has 0 amide bonds. The van der Waals surface area contributed by atoms with Gasteiger partial charge < -0.3 is 4.74 Å². The number of fused-ring (bicyclic) bond motifs is 3. The first kappa shape index (κ1) is 16.9. The summed E-state index contributed by atoms with van der Waals surface area (Å²) in [6.45, 7) is 0. The maximum absolute atomic E-state index is 11.2. The molecule has 0 aliphatic carbocycles. The minimum absolute atomic E-state index is 0.0651. The van der Waals surface area contributed by atoms with Crippen LogP contribution in [0.4, 0.5) is 5.69 Å². The van der Waals surface area contributed by atoms with Crippen molar-refractivity contribution in [1.29, 1.82) is 0 Å². The van der Waals surface area contributed by atoms with Crippen molar-refractivity contribution in [2.45, 2.75) is 24.7 Å². The van der Waals surface area contributed by atoms with Crippen LogP contribution in [0.2, 0.25) is 0 Å². The Morgan fingerprint density at radius 2 is 1.71 bits per heavy atom. The van der Waals surface area contributed by atoms with E-state index in [1.165, 1.54) is 11.6 Å². The van der Waals surface area contributed by atoms with Gasteiger partial charge in [-0.1, -0.05) is 60.7 Å². The Morgan fingerprint density at radius 3 is 2.54 bits per heavy atom. The minimum atomic E-state index is -0.437. The van der Waals surface area contributed by atoms with Gasteiger partial charge in [0.25, 0.3) is 5.69 Å². The monoisotopic (exact) mass is 373 g/mol. The number of non-ortho nitro benzene ring substituents is 1. The largest absolute Gasteiger partial charge is 0.469 e. The Morgan fingerprint density at radius 1 is 0.964 bits per heavy atom. The molecule has 140 valence electrons. The van der Waals surface area contributed by atoms with Crippen molar-refractivity contribution in [3.05, 3.63) is 106 Å². The summed E-state index contributed by atoms with van der Waals surface area (Å²) in [5.74, 6) is 0.829. The summed E-state index contributed by atoms with van der Waals surface area (Å²) in [6, 6.07) is 25.3. The summed E-state index contributed by atoms with van der Waals surface area (Å²) in [5.41, 5.74) is 6.76. The second kappa shape index (κ2) is 6.74. The van der Waals surface area contributed by atoms with E-state index in [4.69, 9.17) is 4.74 Å². The molecule has 3 aromatic carbocycles. The number of para-hydroxylation sites is 1. The van der Waals surface area contributed by atoms with Gasteiger partial charge in [-0.15, -0.1) is 0 Å². The molecule has 0 spiro atoms. The highest BCUT2D eigenvalue weighted by molar-refractivity contribution is 5.42. The van der Waals surface area contributed by atoms with Crippen LogP contribution >= 0.6 is 0 Å². The smallest absolute Gasteiger partial charge is 0.269 e. The predicted molar refractivity (Wildman–Crippen MR) is 104 cm³/mol. The lowest BCUT2D eigenvalue weighted by Crippen LogP contribution is -2.42. The quantitative estimate of drug-likeness (QED) is 0.533. The molecule has 2 aliphatic rings. The van der Waals surface area contributed by atoms with Gasteiger partial charge in [0.1, 0.15) is 5.75 Å². The maximum Gasteiger partial charge on any atom is 0.269 e. The number of benzene rings is 3. The second-order valence-corrected chi connectivity index (χ2v) is 7.11. The Bertz CT molecular complexity index is 1020. The van der Waals surface area contributed by atoms with Crippen molar-refractivity contribution < 1.29 is 9.66 Å². The van der Waals surface area contributed by atoms with Crippen LogP contribution in [0.5, 0.6) is 5.75 Å². The number of hydrogen-bond acceptors (Lipinski definition) is 5. The van der Waals surface area contributed by atoms with Gasteiger partial charge in [0.2, 0.25) is 0 Å². The zero-order chi connectivity index (χ0) is 19.1. The topological polar surface area (TPSA) is 67.6 Å². The fourth-order valence-corrected chi connectivity index (χ4v) is 4.12. The van der Waals surface area contributed by atoms with Crippen molar-refractivity contribution in [2.24, 2.45) is 0 Å². The SMILES string of the molecule is O=[N+]([O-])c1cccc([C@@H]2Oc3ccccc3[C@@H]3C[C@@H](c4ccccc4)NN32)c1. The van der Waals surface area contributed by atoms with Gasteiger partial charge in [-0.2, -0.15) is 5.01 Å². The second-order valence-electron chi connectivity index (χ2n) is 7.11. The first-order chi connectivity index (χ1) is 13.7. The highest BCUT2D eigenvalue weighted by Crippen LogP contribution is 2.48. The predicted octanol–water partition coefficient (Wildman–Crippen LogP) is 4.68. The highest BCUT2D eigenvalue weighted by Gasteiger charge is 2.44. The molecule has 2 heterocycles. The van der Waals surface area contributed by atoms with Crippen LogP contribution in [0.3, 0.4) is 0 Å². The van der Waals surface area contributed by atoms with Crippen LogP contribution in [0.15, 0.2) is 78.9 Å². The van der Waals surface area contributed by atoms with Gasteiger partial charge in [0.15, 0.2) is 6.23 Å². The number of nitro groups is 1. The number of nitrogens with zero attached hydrogens (tertiary/aromatic N) is 2. The molecule has 6 nitrogen and oxygen atoms in total. The summed E-state index contributed by atoms with van der Waals surface area (Å²) in [5, 5.41) is 13.3. The third-order valence-electron chi connectivity index (χ3n) is 5.44. The van der Waals surface area contributed by atoms with Crippen molar-refractivity contribution in [2.75, 3.05) is 0 Å². The van der Waals surface area contributed by atoms with Crippen molar-refractivity contribution in [1.82, 2.24) is 10.4 Å². The number of ether oxygens (including phenoxy) is 1. The lowest BCUT2D eigenvalue weighted by molar-refractivity contribution is -0.385. The highest BCUT2D eigenvalue weighted by atomic mass is 16.6. The standard InChI is InChI=1S/C22H19N3O3/c26-25(27)17-10-6-9-16(13-17)22-24-20(18-11-4-5-12-21(18)28-22)14-19(23-24)15-7-2-1-3-8-15/h1-13,19-20,22-23H,14H2/t19-,20-,22-/m0/s1. The van der Waals surface area contributed by atoms with Gasteiger partial charge in [-0.3, -0.25) is 10.1 Å². The summed E-state index contributed by atoms with van der Waals surface area (Å²) >= 11 is 0. The van der Waals surface area contributed by atoms with E-state index in [0.29, 0.717) is 0 Å². The van der Waals surface area contributed by atoms with Crippen molar-refractivity contribution in [3.8, 4) is 5.75 Å². The van der Waals surface area contributed by atoms with Crippen LogP contribution in [0.25, 0.3) is 0 Å². The normalized spacial score (nSPS) is 23.5. The van der Waals surface area contributed by atoms with Crippen molar-refractivity contribution >= 4 is 5.69 Å². The van der Waals surface area contributed by atoms with E-state index >= 15 is 0 Å². The molecule has 1 fully saturated rings. The molecule has 6 heteroatoms. The van der Waals surface area contributed by atoms with Crippen LogP contribution < -0.4 is 10.2 Å². The minimum Gasteiger partial charge on any atom is -0.469 e. The number of hydrogen-bond donors (Lipinski definition) is 1. The molecule has 3 aromatic rings. The van der Waals surface area contributed by atoms with E-state index in [0.717, 1.165) is 23.3 Å². The van der Waals surface area contributed by atoms with Gasteiger partial charge in [-0.25, -0.2) is 5.43 Å². The van der Waals surface area contributed by atoms with E-state index < -0.39 is 6.23 Å². The molecule has 0 aromatic heterocycles. The molecule has 2 aliphatic heterocycles. The average Bonchev–Trinajstić information content (AvgIpc) is 3.20. The van der Waals surface area contributed by atoms with E-state index in [1.807, 2.05) is 42.5 Å². The molecular weight excluding hydrogens is 354 g/mol. The molecule has 0 radical (unpaired) electrons. The molecule has 0 bridgehead atoms. The number of nitrogens with one attached hydrogen (secondary N) is 1. The lowest BCUT2D eigenvalue weighted by atomic mass is 9.95. The lowest BCUT2D eigenvalue weighted by Gasteiger charge is -2.38. The zero-order valence-corrected chi connectivity index (χ0v) is 15.1. The van der Waals surface area contributed by atoms with E-state index in [2.05, 4.69) is 28.6 Å². The fraction of sp³-hybridized carbons (Fsp3) is 0.182. The first-order valence-electron chi connectivity index (χ1n) is 9.30. The molecule has 0 saturated carbocycles. The van der Waals surface area contributed by atoms with Gasteiger partial charge in [-0.05, 0) is 18.1 Å². The fourth-order valence-electron chi connectivity index (χ4n) is 4.12. The van der Waals surface area contributed by atoms with Gasteiger partial charge in [0, 0.05) is 29.3 Å². The number of hydrazine groups is 1. The Labute approximate surface area is 162 Å². The Balaban J connectivity index is 1.56.